The first-order valence-corrected chi connectivity index (χ1v) is 10.4. The van der Waals surface area contributed by atoms with Crippen LogP contribution in [0.3, 0.4) is 0 Å². The van der Waals surface area contributed by atoms with E-state index in [-0.39, 0.29) is 22.4 Å². The predicted octanol–water partition coefficient (Wildman–Crippen LogP) is 3.25. The zero-order valence-electron chi connectivity index (χ0n) is 16.8. The molecular weight excluding hydrogens is 428 g/mol. The van der Waals surface area contributed by atoms with E-state index >= 15 is 0 Å². The van der Waals surface area contributed by atoms with Crippen molar-refractivity contribution in [3.8, 4) is 11.1 Å². The maximum atomic E-state index is 14.0. The second-order valence-electron chi connectivity index (χ2n) is 6.78. The molecule has 2 aromatic heterocycles. The Bertz CT molecular complexity index is 1250. The van der Waals surface area contributed by atoms with Crippen molar-refractivity contribution in [2.75, 3.05) is 29.0 Å². The molecule has 0 atom stereocenters. The number of nitrogens with zero attached hydrogens (tertiary/aromatic N) is 3. The average molecular weight is 447 g/mol. The molecule has 0 saturated carbocycles. The number of hydrogen-bond acceptors (Lipinski definition) is 6. The summed E-state index contributed by atoms with van der Waals surface area (Å²) >= 11 is 0. The first-order valence-electron chi connectivity index (χ1n) is 8.96. The number of anilines is 3. The molecule has 0 aliphatic heterocycles. The quantitative estimate of drug-likeness (QED) is 0.601. The fraction of sp³-hybridized carbons (Fsp3) is 0.150. The van der Waals surface area contributed by atoms with Crippen LogP contribution in [0.1, 0.15) is 6.92 Å². The normalized spacial score (nSPS) is 11.1. The SMILES string of the molecule is CC(=O)Nc1cc(-c2cnc(N(C)C)c(S(=O)(=O)Nc3ccc(F)cc3F)c2)ccn1. The molecule has 3 aromatic rings. The Morgan fingerprint density at radius 1 is 1.03 bits per heavy atom. The number of benzene rings is 1. The topological polar surface area (TPSA) is 104 Å². The van der Waals surface area contributed by atoms with Gasteiger partial charge in [0.2, 0.25) is 5.91 Å². The van der Waals surface area contributed by atoms with Crippen molar-refractivity contribution in [1.29, 1.82) is 0 Å². The fourth-order valence-corrected chi connectivity index (χ4v) is 4.08. The first-order chi connectivity index (χ1) is 14.6. The molecule has 0 unspecified atom stereocenters. The maximum Gasteiger partial charge on any atom is 0.265 e. The van der Waals surface area contributed by atoms with Crippen LogP contribution < -0.4 is 14.9 Å². The minimum absolute atomic E-state index is 0.120. The largest absolute Gasteiger partial charge is 0.362 e. The number of sulfonamides is 1. The van der Waals surface area contributed by atoms with Crippen molar-refractivity contribution in [1.82, 2.24) is 9.97 Å². The predicted molar refractivity (Wildman–Crippen MR) is 113 cm³/mol. The van der Waals surface area contributed by atoms with Gasteiger partial charge in [-0.3, -0.25) is 9.52 Å². The van der Waals surface area contributed by atoms with Gasteiger partial charge in [0.05, 0.1) is 5.69 Å². The van der Waals surface area contributed by atoms with Gasteiger partial charge in [0.25, 0.3) is 10.0 Å². The molecule has 11 heteroatoms. The molecule has 0 aliphatic rings. The minimum atomic E-state index is -4.29. The number of nitrogens with one attached hydrogen (secondary N) is 2. The Morgan fingerprint density at radius 2 is 1.77 bits per heavy atom. The number of rotatable bonds is 6. The number of carbonyl (C=O) groups excluding carboxylic acids is 1. The third-order valence-electron chi connectivity index (χ3n) is 4.12. The highest BCUT2D eigenvalue weighted by Crippen LogP contribution is 2.30. The van der Waals surface area contributed by atoms with E-state index in [4.69, 9.17) is 0 Å². The molecule has 0 bridgehead atoms. The maximum absolute atomic E-state index is 14.0. The molecule has 0 saturated heterocycles. The van der Waals surface area contributed by atoms with Gasteiger partial charge in [-0.05, 0) is 35.9 Å². The van der Waals surface area contributed by atoms with Gasteiger partial charge in [-0.15, -0.1) is 0 Å². The zero-order chi connectivity index (χ0) is 22.8. The smallest absolute Gasteiger partial charge is 0.265 e. The fourth-order valence-electron chi connectivity index (χ4n) is 2.76. The van der Waals surface area contributed by atoms with Crippen molar-refractivity contribution in [2.45, 2.75) is 11.8 Å². The van der Waals surface area contributed by atoms with E-state index in [2.05, 4.69) is 20.0 Å². The van der Waals surface area contributed by atoms with Gasteiger partial charge in [0, 0.05) is 45.0 Å². The summed E-state index contributed by atoms with van der Waals surface area (Å²) in [5.41, 5.74) is 0.592. The summed E-state index contributed by atoms with van der Waals surface area (Å²) in [6, 6.07) is 7.09. The standard InChI is InChI=1S/C20H19F2N5O3S/c1-12(28)25-19-9-13(6-7-23-19)14-8-18(20(24-11-14)27(2)3)31(29,30)26-17-5-4-15(21)10-16(17)22/h4-11,26H,1-3H3,(H,23,25,28). The Kier molecular flexibility index (Phi) is 6.16. The monoisotopic (exact) mass is 447 g/mol. The van der Waals surface area contributed by atoms with Crippen LogP contribution in [-0.2, 0) is 14.8 Å². The second-order valence-corrected chi connectivity index (χ2v) is 8.43. The van der Waals surface area contributed by atoms with Gasteiger partial charge < -0.3 is 10.2 Å². The lowest BCUT2D eigenvalue weighted by Crippen LogP contribution is -2.20. The molecule has 1 amide bonds. The molecular formula is C20H19F2N5O3S. The van der Waals surface area contributed by atoms with Crippen LogP contribution in [0.4, 0.5) is 26.1 Å². The Labute approximate surface area is 178 Å². The Hall–Kier alpha value is -3.60. The minimum Gasteiger partial charge on any atom is -0.362 e. The van der Waals surface area contributed by atoms with Gasteiger partial charge >= 0.3 is 0 Å². The molecule has 162 valence electrons. The van der Waals surface area contributed by atoms with E-state index in [1.807, 2.05) is 0 Å². The van der Waals surface area contributed by atoms with Gasteiger partial charge in [-0.1, -0.05) is 0 Å². The molecule has 0 aliphatic carbocycles. The lowest BCUT2D eigenvalue weighted by atomic mass is 10.1. The molecule has 1 aromatic carbocycles. The van der Waals surface area contributed by atoms with Gasteiger partial charge in [0.1, 0.15) is 28.2 Å². The van der Waals surface area contributed by atoms with Crippen molar-refractivity contribution < 1.29 is 22.0 Å². The number of halogens is 2. The summed E-state index contributed by atoms with van der Waals surface area (Å²) in [5.74, 6) is -1.77. The number of aromatic nitrogens is 2. The summed E-state index contributed by atoms with van der Waals surface area (Å²) in [5, 5.41) is 2.55. The summed E-state index contributed by atoms with van der Waals surface area (Å²) in [6.07, 6.45) is 2.93. The van der Waals surface area contributed by atoms with Crippen LogP contribution >= 0.6 is 0 Å². The van der Waals surface area contributed by atoms with Gasteiger partial charge in [-0.25, -0.2) is 27.2 Å². The lowest BCUT2D eigenvalue weighted by molar-refractivity contribution is -0.114. The molecule has 31 heavy (non-hydrogen) atoms. The number of amides is 1. The van der Waals surface area contributed by atoms with Crippen LogP contribution in [0.15, 0.2) is 53.7 Å². The number of hydrogen-bond donors (Lipinski definition) is 2. The summed E-state index contributed by atoms with van der Waals surface area (Å²) in [4.78, 5) is 20.8. The molecule has 0 spiro atoms. The first kappa shape index (κ1) is 22.1. The van der Waals surface area contributed by atoms with E-state index in [1.165, 1.54) is 30.3 Å². The summed E-state index contributed by atoms with van der Waals surface area (Å²) in [7, 11) is -1.06. The van der Waals surface area contributed by atoms with Crippen molar-refractivity contribution in [2.24, 2.45) is 0 Å². The molecule has 8 nitrogen and oxygen atoms in total. The third-order valence-corrected chi connectivity index (χ3v) is 5.49. The van der Waals surface area contributed by atoms with Crippen LogP contribution in [0.5, 0.6) is 0 Å². The van der Waals surface area contributed by atoms with Gasteiger partial charge in [0.15, 0.2) is 0 Å². The molecule has 2 heterocycles. The highest BCUT2D eigenvalue weighted by atomic mass is 32.2. The highest BCUT2D eigenvalue weighted by Gasteiger charge is 2.24. The number of pyridine rings is 2. The van der Waals surface area contributed by atoms with E-state index < -0.39 is 27.3 Å². The van der Waals surface area contributed by atoms with Crippen LogP contribution in [-0.4, -0.2) is 38.4 Å². The molecule has 0 fully saturated rings. The van der Waals surface area contributed by atoms with E-state index in [1.54, 1.807) is 26.2 Å². The van der Waals surface area contributed by atoms with E-state index in [0.717, 1.165) is 12.1 Å². The van der Waals surface area contributed by atoms with Crippen molar-refractivity contribution in [3.05, 3.63) is 60.4 Å². The Morgan fingerprint density at radius 3 is 2.42 bits per heavy atom. The highest BCUT2D eigenvalue weighted by molar-refractivity contribution is 7.92. The molecule has 3 rings (SSSR count). The lowest BCUT2D eigenvalue weighted by Gasteiger charge is -2.18. The van der Waals surface area contributed by atoms with Crippen molar-refractivity contribution in [3.63, 3.8) is 0 Å². The third kappa shape index (κ3) is 5.12. The Balaban J connectivity index is 2.07. The van der Waals surface area contributed by atoms with Crippen LogP contribution in [0.2, 0.25) is 0 Å². The summed E-state index contributed by atoms with van der Waals surface area (Å²) in [6.45, 7) is 1.34. The van der Waals surface area contributed by atoms with E-state index in [9.17, 15) is 22.0 Å². The zero-order valence-corrected chi connectivity index (χ0v) is 17.7. The second kappa shape index (κ2) is 8.64. The van der Waals surface area contributed by atoms with Gasteiger partial charge in [-0.2, -0.15) is 0 Å². The summed E-state index contributed by atoms with van der Waals surface area (Å²) < 4.78 is 55.4. The average Bonchev–Trinajstić information content (AvgIpc) is 2.69. The van der Waals surface area contributed by atoms with Crippen LogP contribution in [0, 0.1) is 11.6 Å². The molecule has 0 radical (unpaired) electrons. The van der Waals surface area contributed by atoms with Crippen molar-refractivity contribution >= 4 is 33.3 Å². The van der Waals surface area contributed by atoms with Crippen LogP contribution in [0.25, 0.3) is 11.1 Å². The number of carbonyl (C=O) groups is 1. The molecule has 2 N–H and O–H groups in total. The van der Waals surface area contributed by atoms with E-state index in [0.29, 0.717) is 17.2 Å².